The molecular weight excluding hydrogens is 194 g/mol. The van der Waals surface area contributed by atoms with E-state index < -0.39 is 23.7 Å². The monoisotopic (exact) mass is 202 g/mol. The van der Waals surface area contributed by atoms with Crippen molar-refractivity contribution in [2.45, 2.75) is 24.7 Å². The molecule has 1 aliphatic carbocycles. The molecule has 1 aliphatic rings. The van der Waals surface area contributed by atoms with Crippen LogP contribution in [0.1, 0.15) is 17.7 Å². The molecule has 76 valence electrons. The largest absolute Gasteiger partial charge is 0.480 e. The second-order valence-corrected chi connectivity index (χ2v) is 3.48. The molecule has 0 saturated heterocycles. The van der Waals surface area contributed by atoms with Crippen LogP contribution in [0, 0.1) is 6.92 Å². The van der Waals surface area contributed by atoms with E-state index in [0.29, 0.717) is 0 Å². The molecule has 3 nitrogen and oxygen atoms in total. The third-order valence-corrected chi connectivity index (χ3v) is 2.67. The first-order valence-electron chi connectivity index (χ1n) is 4.07. The van der Waals surface area contributed by atoms with Gasteiger partial charge in [0.1, 0.15) is 5.76 Å². The highest BCUT2D eigenvalue weighted by Gasteiger charge is 2.78. The van der Waals surface area contributed by atoms with E-state index in [1.165, 1.54) is 19.3 Å². The summed E-state index contributed by atoms with van der Waals surface area (Å²) in [5.74, 6) is -4.41. The Balaban J connectivity index is 2.52. The average Bonchev–Trinajstić information content (AvgIpc) is 2.44. The minimum Gasteiger partial charge on any atom is -0.480 e. The summed E-state index contributed by atoms with van der Waals surface area (Å²) in [5.41, 5.74) is -1.97. The van der Waals surface area contributed by atoms with Crippen molar-refractivity contribution in [2.75, 3.05) is 0 Å². The van der Waals surface area contributed by atoms with Gasteiger partial charge in [0.05, 0.1) is 6.26 Å². The van der Waals surface area contributed by atoms with Crippen LogP contribution in [0.4, 0.5) is 8.78 Å². The highest BCUT2D eigenvalue weighted by Crippen LogP contribution is 2.62. The van der Waals surface area contributed by atoms with Gasteiger partial charge in [-0.25, -0.2) is 8.78 Å². The summed E-state index contributed by atoms with van der Waals surface area (Å²) in [6.45, 7) is 1.48. The Hall–Kier alpha value is -1.39. The summed E-state index contributed by atoms with van der Waals surface area (Å²) in [6.07, 6.45) is 0.583. The normalized spacial score (nSPS) is 28.8. The van der Waals surface area contributed by atoms with Crippen molar-refractivity contribution in [3.8, 4) is 0 Å². The number of carboxylic acid groups (broad SMARTS) is 1. The lowest BCUT2D eigenvalue weighted by Gasteiger charge is -2.09. The van der Waals surface area contributed by atoms with Gasteiger partial charge in [-0.1, -0.05) is 0 Å². The molecule has 14 heavy (non-hydrogen) atoms. The van der Waals surface area contributed by atoms with Crippen LogP contribution < -0.4 is 0 Å². The van der Waals surface area contributed by atoms with Crippen LogP contribution in [0.5, 0.6) is 0 Å². The predicted molar refractivity (Wildman–Crippen MR) is 42.3 cm³/mol. The van der Waals surface area contributed by atoms with Crippen molar-refractivity contribution in [2.24, 2.45) is 0 Å². The molecule has 0 aromatic carbocycles. The molecule has 2 rings (SSSR count). The Labute approximate surface area is 78.3 Å². The first kappa shape index (κ1) is 9.18. The van der Waals surface area contributed by atoms with Crippen molar-refractivity contribution in [3.05, 3.63) is 23.7 Å². The standard InChI is InChI=1S/C9H8F2O3/c1-5-6(2-3-14-5)8(7(12)13)4-9(8,10)11/h2-3H,4H2,1H3,(H,12,13). The summed E-state index contributed by atoms with van der Waals surface area (Å²) in [6, 6.07) is 1.30. The lowest BCUT2D eigenvalue weighted by molar-refractivity contribution is -0.143. The van der Waals surface area contributed by atoms with Gasteiger partial charge in [0.15, 0.2) is 5.41 Å². The van der Waals surface area contributed by atoms with Gasteiger partial charge in [0.25, 0.3) is 5.92 Å². The minimum absolute atomic E-state index is 0.0787. The van der Waals surface area contributed by atoms with Crippen LogP contribution in [0.15, 0.2) is 16.7 Å². The predicted octanol–water partition coefficient (Wildman–Crippen LogP) is 1.95. The van der Waals surface area contributed by atoms with Crippen LogP contribution in [0.3, 0.4) is 0 Å². The number of aryl methyl sites for hydroxylation is 1. The van der Waals surface area contributed by atoms with Gasteiger partial charge in [-0.2, -0.15) is 0 Å². The number of hydrogen-bond acceptors (Lipinski definition) is 2. The molecule has 0 spiro atoms. The van der Waals surface area contributed by atoms with Gasteiger partial charge in [0.2, 0.25) is 0 Å². The Bertz CT molecular complexity index is 397. The van der Waals surface area contributed by atoms with Crippen LogP contribution in [0.25, 0.3) is 0 Å². The molecule has 5 heteroatoms. The van der Waals surface area contributed by atoms with E-state index in [1.807, 2.05) is 0 Å². The number of carboxylic acids is 1. The zero-order chi connectivity index (χ0) is 10.6. The number of rotatable bonds is 2. The highest BCUT2D eigenvalue weighted by molar-refractivity contribution is 5.88. The summed E-state index contributed by atoms with van der Waals surface area (Å²) in [5, 5.41) is 8.81. The summed E-state index contributed by atoms with van der Waals surface area (Å²) in [4.78, 5) is 10.8. The molecule has 1 unspecified atom stereocenters. The molecule has 1 atom stereocenters. The van der Waals surface area contributed by atoms with Crippen molar-refractivity contribution >= 4 is 5.97 Å². The summed E-state index contributed by atoms with van der Waals surface area (Å²) < 4.78 is 30.9. The van der Waals surface area contributed by atoms with Crippen LogP contribution in [0.2, 0.25) is 0 Å². The molecule has 0 radical (unpaired) electrons. The first-order chi connectivity index (χ1) is 6.42. The fraction of sp³-hybridized carbons (Fsp3) is 0.444. The first-order valence-corrected chi connectivity index (χ1v) is 4.07. The molecule has 0 bridgehead atoms. The van der Waals surface area contributed by atoms with Crippen molar-refractivity contribution in [1.82, 2.24) is 0 Å². The number of alkyl halides is 2. The summed E-state index contributed by atoms with van der Waals surface area (Å²) >= 11 is 0. The van der Waals surface area contributed by atoms with E-state index in [-0.39, 0.29) is 11.3 Å². The number of hydrogen-bond donors (Lipinski definition) is 1. The Morgan fingerprint density at radius 2 is 2.21 bits per heavy atom. The Morgan fingerprint density at radius 1 is 1.64 bits per heavy atom. The molecule has 0 amide bonds. The number of furan rings is 1. The topological polar surface area (TPSA) is 50.4 Å². The molecule has 1 fully saturated rings. The maximum Gasteiger partial charge on any atom is 0.320 e. The van der Waals surface area contributed by atoms with Gasteiger partial charge in [-0.05, 0) is 13.0 Å². The lowest BCUT2D eigenvalue weighted by atomic mass is 9.96. The maximum atomic E-state index is 13.0. The molecule has 1 heterocycles. The highest BCUT2D eigenvalue weighted by atomic mass is 19.3. The molecule has 1 aromatic rings. The number of aliphatic carboxylic acids is 1. The van der Waals surface area contributed by atoms with Crippen LogP contribution in [-0.4, -0.2) is 17.0 Å². The maximum absolute atomic E-state index is 13.0. The van der Waals surface area contributed by atoms with Crippen LogP contribution in [-0.2, 0) is 10.2 Å². The second kappa shape index (κ2) is 2.34. The lowest BCUT2D eigenvalue weighted by Crippen LogP contribution is -2.27. The molecule has 0 aliphatic heterocycles. The van der Waals surface area contributed by atoms with Crippen molar-refractivity contribution < 1.29 is 23.1 Å². The number of halogens is 2. The van der Waals surface area contributed by atoms with E-state index in [2.05, 4.69) is 0 Å². The Morgan fingerprint density at radius 3 is 2.50 bits per heavy atom. The zero-order valence-electron chi connectivity index (χ0n) is 7.38. The second-order valence-electron chi connectivity index (χ2n) is 3.48. The molecule has 1 aromatic heterocycles. The summed E-state index contributed by atoms with van der Waals surface area (Å²) in [7, 11) is 0. The quantitative estimate of drug-likeness (QED) is 0.797. The van der Waals surface area contributed by atoms with E-state index in [9.17, 15) is 13.6 Å². The Kier molecular flexibility index (Phi) is 1.54. The minimum atomic E-state index is -3.16. The third kappa shape index (κ3) is 0.867. The van der Waals surface area contributed by atoms with E-state index >= 15 is 0 Å². The van der Waals surface area contributed by atoms with Crippen molar-refractivity contribution in [1.29, 1.82) is 0 Å². The van der Waals surface area contributed by atoms with Gasteiger partial charge >= 0.3 is 5.97 Å². The smallest absolute Gasteiger partial charge is 0.320 e. The van der Waals surface area contributed by atoms with Crippen molar-refractivity contribution in [3.63, 3.8) is 0 Å². The fourth-order valence-corrected chi connectivity index (χ4v) is 1.76. The van der Waals surface area contributed by atoms with E-state index in [1.54, 1.807) is 0 Å². The number of carbonyl (C=O) groups is 1. The third-order valence-electron chi connectivity index (χ3n) is 2.67. The van der Waals surface area contributed by atoms with Crippen LogP contribution >= 0.6 is 0 Å². The molecular formula is C9H8F2O3. The van der Waals surface area contributed by atoms with Gasteiger partial charge in [0, 0.05) is 12.0 Å². The van der Waals surface area contributed by atoms with Gasteiger partial charge in [-0.3, -0.25) is 4.79 Å². The van der Waals surface area contributed by atoms with E-state index in [0.717, 1.165) is 0 Å². The van der Waals surface area contributed by atoms with Gasteiger partial charge in [-0.15, -0.1) is 0 Å². The van der Waals surface area contributed by atoms with E-state index in [4.69, 9.17) is 9.52 Å². The van der Waals surface area contributed by atoms with Gasteiger partial charge < -0.3 is 9.52 Å². The zero-order valence-corrected chi connectivity index (χ0v) is 7.38. The molecule has 1 N–H and O–H groups in total. The SMILES string of the molecule is Cc1occc1C1(C(=O)O)CC1(F)F. The average molecular weight is 202 g/mol. The molecule has 1 saturated carbocycles. The fourth-order valence-electron chi connectivity index (χ4n) is 1.76.